The highest BCUT2D eigenvalue weighted by molar-refractivity contribution is 7.11. The second-order valence-electron chi connectivity index (χ2n) is 10.4. The third-order valence-corrected chi connectivity index (χ3v) is 7.92. The van der Waals surface area contributed by atoms with E-state index in [2.05, 4.69) is 31.4 Å². The van der Waals surface area contributed by atoms with E-state index in [1.165, 1.54) is 23.4 Å². The third-order valence-electron chi connectivity index (χ3n) is 6.71. The van der Waals surface area contributed by atoms with Gasteiger partial charge in [0, 0.05) is 17.8 Å². The molecule has 2 aliphatic carbocycles. The average Bonchev–Trinajstić information content (AvgIpc) is 3.18. The Morgan fingerprint density at radius 2 is 2.03 bits per heavy atom. The van der Waals surface area contributed by atoms with E-state index < -0.39 is 11.6 Å². The van der Waals surface area contributed by atoms with Crippen molar-refractivity contribution in [3.8, 4) is 0 Å². The highest BCUT2D eigenvalue weighted by Crippen LogP contribution is 2.46. The zero-order chi connectivity index (χ0) is 22.2. The van der Waals surface area contributed by atoms with Crippen molar-refractivity contribution in [3.63, 3.8) is 0 Å². The Morgan fingerprint density at radius 1 is 1.26 bits per heavy atom. The maximum atomic E-state index is 13.1. The number of imide groups is 1. The first kappa shape index (κ1) is 22.2. The summed E-state index contributed by atoms with van der Waals surface area (Å²) in [5.74, 6) is -0.193. The van der Waals surface area contributed by atoms with Gasteiger partial charge in [-0.05, 0) is 62.7 Å². The molecule has 2 atom stereocenters. The van der Waals surface area contributed by atoms with Gasteiger partial charge in [-0.2, -0.15) is 0 Å². The molecule has 1 aromatic rings. The topological polar surface area (TPSA) is 91.4 Å². The molecule has 2 unspecified atom stereocenters. The third kappa shape index (κ3) is 4.78. The molecule has 170 valence electrons. The molecule has 1 saturated carbocycles. The van der Waals surface area contributed by atoms with Gasteiger partial charge in [-0.15, -0.1) is 11.3 Å². The van der Waals surface area contributed by atoms with Crippen molar-refractivity contribution in [1.82, 2.24) is 20.5 Å². The van der Waals surface area contributed by atoms with E-state index in [9.17, 15) is 14.4 Å². The first-order chi connectivity index (χ1) is 14.7. The summed E-state index contributed by atoms with van der Waals surface area (Å²) in [6, 6.07) is -0.446. The van der Waals surface area contributed by atoms with Crippen molar-refractivity contribution in [1.29, 1.82) is 0 Å². The molecule has 0 bridgehead atoms. The predicted molar refractivity (Wildman–Crippen MR) is 120 cm³/mol. The maximum Gasteiger partial charge on any atom is 0.325 e. The summed E-state index contributed by atoms with van der Waals surface area (Å²) in [7, 11) is 0. The average molecular weight is 447 g/mol. The molecule has 2 heterocycles. The van der Waals surface area contributed by atoms with Crippen molar-refractivity contribution in [2.45, 2.75) is 84.1 Å². The molecule has 7 nitrogen and oxygen atoms in total. The van der Waals surface area contributed by atoms with Crippen LogP contribution in [0.5, 0.6) is 0 Å². The van der Waals surface area contributed by atoms with Crippen LogP contribution in [0.3, 0.4) is 0 Å². The summed E-state index contributed by atoms with van der Waals surface area (Å²) in [6.45, 7) is 6.70. The number of nitrogens with zero attached hydrogens (tertiary/aromatic N) is 2. The quantitative estimate of drug-likeness (QED) is 0.519. The van der Waals surface area contributed by atoms with Gasteiger partial charge in [0.05, 0.1) is 10.7 Å². The molecule has 4 rings (SSSR count). The first-order valence-electron chi connectivity index (χ1n) is 11.6. The van der Waals surface area contributed by atoms with Crippen molar-refractivity contribution in [2.75, 3.05) is 13.1 Å². The summed E-state index contributed by atoms with van der Waals surface area (Å²) in [6.07, 6.45) is 8.64. The van der Waals surface area contributed by atoms with Crippen LogP contribution in [0.15, 0.2) is 0 Å². The minimum Gasteiger partial charge on any atom is -0.355 e. The Morgan fingerprint density at radius 3 is 2.77 bits per heavy atom. The van der Waals surface area contributed by atoms with Gasteiger partial charge in [-0.1, -0.05) is 20.8 Å². The molecule has 1 saturated heterocycles. The van der Waals surface area contributed by atoms with Crippen molar-refractivity contribution in [3.05, 3.63) is 15.6 Å². The molecule has 31 heavy (non-hydrogen) atoms. The lowest BCUT2D eigenvalue weighted by Gasteiger charge is -2.43. The molecule has 3 aliphatic rings. The summed E-state index contributed by atoms with van der Waals surface area (Å²) in [5.41, 5.74) is 0.388. The zero-order valence-electron chi connectivity index (χ0n) is 18.9. The number of carbonyl (C=O) groups excluding carboxylic acids is 3. The first-order valence-corrected chi connectivity index (χ1v) is 12.4. The van der Waals surface area contributed by atoms with Gasteiger partial charge >= 0.3 is 6.03 Å². The zero-order valence-corrected chi connectivity index (χ0v) is 19.7. The van der Waals surface area contributed by atoms with Crippen molar-refractivity contribution >= 4 is 29.2 Å². The van der Waals surface area contributed by atoms with Crippen LogP contribution in [0.2, 0.25) is 0 Å². The van der Waals surface area contributed by atoms with E-state index in [4.69, 9.17) is 4.98 Å². The molecule has 0 radical (unpaired) electrons. The highest BCUT2D eigenvalue weighted by atomic mass is 32.1. The summed E-state index contributed by atoms with van der Waals surface area (Å²) < 4.78 is 0. The molecule has 2 fully saturated rings. The lowest BCUT2D eigenvalue weighted by Crippen LogP contribution is -2.54. The van der Waals surface area contributed by atoms with Crippen LogP contribution in [0.4, 0.5) is 4.79 Å². The molecule has 0 aromatic carbocycles. The number of aromatic nitrogens is 1. The largest absolute Gasteiger partial charge is 0.355 e. The molecular weight excluding hydrogens is 412 g/mol. The molecule has 2 N–H and O–H groups in total. The molecule has 1 aliphatic heterocycles. The normalized spacial score (nSPS) is 27.3. The Bertz CT molecular complexity index is 857. The Hall–Kier alpha value is -1.96. The van der Waals surface area contributed by atoms with Crippen molar-refractivity contribution < 1.29 is 14.4 Å². The van der Waals surface area contributed by atoms with Crippen LogP contribution >= 0.6 is 11.3 Å². The minimum absolute atomic E-state index is 0.0199. The van der Waals surface area contributed by atoms with Crippen LogP contribution in [-0.2, 0) is 28.9 Å². The van der Waals surface area contributed by atoms with E-state index >= 15 is 0 Å². The van der Waals surface area contributed by atoms with Gasteiger partial charge in [0.15, 0.2) is 0 Å². The number of urea groups is 1. The summed E-state index contributed by atoms with van der Waals surface area (Å²) in [4.78, 5) is 45.3. The fraction of sp³-hybridized carbons (Fsp3) is 0.739. The van der Waals surface area contributed by atoms with Gasteiger partial charge in [-0.25, -0.2) is 9.78 Å². The van der Waals surface area contributed by atoms with Crippen LogP contribution in [0.1, 0.15) is 74.9 Å². The fourth-order valence-corrected chi connectivity index (χ4v) is 7.03. The maximum absolute atomic E-state index is 13.1. The van der Waals surface area contributed by atoms with Gasteiger partial charge < -0.3 is 10.6 Å². The van der Waals surface area contributed by atoms with Crippen LogP contribution in [0, 0.1) is 11.3 Å². The van der Waals surface area contributed by atoms with E-state index in [0.717, 1.165) is 42.0 Å². The second-order valence-corrected chi connectivity index (χ2v) is 11.6. The van der Waals surface area contributed by atoms with Crippen LogP contribution in [-0.4, -0.2) is 46.4 Å². The lowest BCUT2D eigenvalue weighted by atomic mass is 9.64. The Balaban J connectivity index is 1.26. The number of amides is 4. The van der Waals surface area contributed by atoms with Crippen molar-refractivity contribution in [2.24, 2.45) is 11.3 Å². The molecule has 1 spiro atoms. The second kappa shape index (κ2) is 8.52. The standard InChI is InChI=1S/C23H34N4O3S/c1-15-11-22(2,3)14-23(12-15)20(29)27(21(30)26-23)13-18(28)24-10-6-9-19-25-16-7-4-5-8-17(16)31-19/h15H,4-14H2,1-3H3,(H,24,28)(H,26,30). The van der Waals surface area contributed by atoms with Crippen LogP contribution in [0.25, 0.3) is 0 Å². The Labute approximate surface area is 188 Å². The number of hydrogen-bond donors (Lipinski definition) is 2. The molecule has 8 heteroatoms. The molecule has 4 amide bonds. The van der Waals surface area contributed by atoms with E-state index in [1.807, 2.05) is 0 Å². The number of rotatable bonds is 6. The van der Waals surface area contributed by atoms with Crippen LogP contribution < -0.4 is 10.6 Å². The minimum atomic E-state index is -0.859. The molecule has 1 aromatic heterocycles. The number of aryl methyl sites for hydroxylation is 3. The molecular formula is C23H34N4O3S. The lowest BCUT2D eigenvalue weighted by molar-refractivity contribution is -0.137. The number of nitrogens with one attached hydrogen (secondary N) is 2. The van der Waals surface area contributed by atoms with Gasteiger partial charge in [0.2, 0.25) is 5.91 Å². The van der Waals surface area contributed by atoms with Gasteiger partial charge in [0.25, 0.3) is 5.91 Å². The SMILES string of the molecule is CC1CC(C)(C)CC2(C1)NC(=O)N(CC(=O)NCCCc1nc3c(s1)CCCC3)C2=O. The van der Waals surface area contributed by atoms with Gasteiger partial charge in [0.1, 0.15) is 12.1 Å². The number of fused-ring (bicyclic) bond motifs is 1. The van der Waals surface area contributed by atoms with E-state index in [-0.39, 0.29) is 23.8 Å². The summed E-state index contributed by atoms with van der Waals surface area (Å²) in [5, 5.41) is 6.93. The highest BCUT2D eigenvalue weighted by Gasteiger charge is 2.56. The Kier molecular flexibility index (Phi) is 6.12. The van der Waals surface area contributed by atoms with E-state index in [1.54, 1.807) is 11.3 Å². The van der Waals surface area contributed by atoms with Gasteiger partial charge in [-0.3, -0.25) is 14.5 Å². The summed E-state index contributed by atoms with van der Waals surface area (Å²) >= 11 is 1.80. The number of carbonyl (C=O) groups is 3. The predicted octanol–water partition coefficient (Wildman–Crippen LogP) is 3.21. The fourth-order valence-electron chi connectivity index (χ4n) is 5.83. The monoisotopic (exact) mass is 446 g/mol. The van der Waals surface area contributed by atoms with E-state index in [0.29, 0.717) is 25.3 Å². The number of thiazole rings is 1. The number of hydrogen-bond acceptors (Lipinski definition) is 5. The smallest absolute Gasteiger partial charge is 0.325 e.